The molecule has 0 amide bonds. The van der Waals surface area contributed by atoms with Crippen molar-refractivity contribution >= 4 is 130 Å². The number of para-hydroxylation sites is 4. The lowest BCUT2D eigenvalue weighted by atomic mass is 9.62. The molecule has 8 heterocycles. The zero-order chi connectivity index (χ0) is 97.5. The first-order valence-electron chi connectivity index (χ1n) is 50.0. The Bertz CT molecular complexity index is 9830. The molecule has 694 valence electrons. The van der Waals surface area contributed by atoms with E-state index in [2.05, 4.69) is 328 Å². The van der Waals surface area contributed by atoms with E-state index in [0.29, 0.717) is 23.3 Å². The van der Waals surface area contributed by atoms with Gasteiger partial charge in [0.2, 0.25) is 0 Å². The number of aromatic nitrogens is 7. The smallest absolute Gasteiger partial charge is 0.164 e. The van der Waals surface area contributed by atoms with Crippen LogP contribution in [0, 0.1) is 11.2 Å². The number of rotatable bonds is 12. The summed E-state index contributed by atoms with van der Waals surface area (Å²) in [6.45, 7) is 18.7. The van der Waals surface area contributed by atoms with Crippen LogP contribution in [0.15, 0.2) is 406 Å². The van der Waals surface area contributed by atoms with E-state index in [9.17, 15) is 4.39 Å². The van der Waals surface area contributed by atoms with Crippen molar-refractivity contribution in [1.29, 1.82) is 0 Å². The molecule has 3 aliphatic rings. The lowest BCUT2D eigenvalue weighted by Crippen LogP contribution is -2.36. The SMILES string of the molecule is CC(C)(C)C1(C)c2ccc(-c3nc(-c4ccccc4)cc(-c4cccc5oc6ccccc6c45)n3)cc2-c2c1ccc1oc3ccccc3c21.CCC1(C)c2ccc3oc4ccccc4c3c2-c2cccc(-c3ccc(-c4nc(-c5ccccc5)nc5c4sc4ccccc45)cc3)c21.CCC1(CC)c2cc(-c3nc(-c4ccc(F)cc4)nc(-c4cccc5ccccc45)n3)ccc2-c2c1ccc1oc3ccccc3c21. The number of benzene rings is 18. The highest BCUT2D eigenvalue weighted by Crippen LogP contribution is 2.63. The highest BCUT2D eigenvalue weighted by atomic mass is 32.1. The first-order chi connectivity index (χ1) is 71.0. The number of hydrogen-bond donors (Lipinski definition) is 0. The molecule has 2 atom stereocenters. The van der Waals surface area contributed by atoms with Crippen LogP contribution in [0.4, 0.5) is 4.39 Å². The maximum absolute atomic E-state index is 13.9. The zero-order valence-corrected chi connectivity index (χ0v) is 81.9. The van der Waals surface area contributed by atoms with Gasteiger partial charge in [0.25, 0.3) is 0 Å². The molecule has 2 unspecified atom stereocenters. The van der Waals surface area contributed by atoms with Crippen molar-refractivity contribution in [2.45, 2.75) is 90.9 Å². The third-order valence-corrected chi connectivity index (χ3v) is 32.9. The first-order valence-corrected chi connectivity index (χ1v) is 50.8. The summed E-state index contributed by atoms with van der Waals surface area (Å²) >= 11 is 1.77. The molecule has 11 nitrogen and oxygen atoms in total. The summed E-state index contributed by atoms with van der Waals surface area (Å²) < 4.78 is 41.7. The number of fused-ring (bicyclic) bond motifs is 28. The standard InChI is InChI=1S/C46H34N2O2.C44H30N2OS.C42H30FN3O/c1-45(2,3)46(4)33-22-21-28(25-32(33)42-34(46)23-24-40-43(42)31-16-9-11-19-38(31)50-40)44-47-35(27-13-6-5-7-14-27)26-36(48-44)29-17-12-20-39-41(29)30-15-8-10-18-37(30)49-39;1-3-44(2)33-24-25-35-38(30-14-7-9-18-34(30)47-35)37(33)32-17-11-16-29(39(32)44)26-20-22-27(23-21-26)40-42-41(31-15-8-10-19-36(31)48-42)46-43(45-40)28-12-5-4-6-13-28;1-3-42(4-2)33-22-23-36-38(32-13-7-8-15-35(32)47-36)37(33)31-21-18-27(24-34(31)42)40-44-39(26-16-19-28(43)20-17-26)45-41(46-40)30-14-9-11-25-10-5-6-12-29(25)30/h5-26H,1-4H3;4-25H,3H2,1-2H3;5-24H,3-4H2,1-2H3. The largest absolute Gasteiger partial charge is 0.456 e. The van der Waals surface area contributed by atoms with Gasteiger partial charge in [-0.2, -0.15) is 0 Å². The van der Waals surface area contributed by atoms with Crippen LogP contribution in [0.25, 0.3) is 254 Å². The molecule has 3 aliphatic carbocycles. The molecule has 0 radical (unpaired) electrons. The molecule has 0 bridgehead atoms. The van der Waals surface area contributed by atoms with Crippen LogP contribution in [-0.2, 0) is 16.2 Å². The van der Waals surface area contributed by atoms with Gasteiger partial charge in [-0.3, -0.25) is 0 Å². The van der Waals surface area contributed by atoms with E-state index >= 15 is 0 Å². The quantitative estimate of drug-likeness (QED) is 0.115. The van der Waals surface area contributed by atoms with Gasteiger partial charge in [0.1, 0.15) is 50.5 Å². The van der Waals surface area contributed by atoms with Crippen LogP contribution in [0.2, 0.25) is 0 Å². The summed E-state index contributed by atoms with van der Waals surface area (Å²) in [4.78, 5) is 35.9. The number of nitrogens with zero attached hydrogens (tertiary/aromatic N) is 7. The van der Waals surface area contributed by atoms with E-state index in [4.69, 9.17) is 52.6 Å². The molecule has 0 N–H and O–H groups in total. The van der Waals surface area contributed by atoms with Crippen molar-refractivity contribution < 1.29 is 22.1 Å². The fourth-order valence-corrected chi connectivity index (χ4v) is 25.1. The van der Waals surface area contributed by atoms with Crippen molar-refractivity contribution in [3.05, 3.63) is 427 Å². The van der Waals surface area contributed by atoms with Gasteiger partial charge in [-0.15, -0.1) is 11.3 Å². The Labute approximate surface area is 840 Å². The van der Waals surface area contributed by atoms with E-state index in [1.165, 1.54) is 122 Å². The average molecular weight is 1890 g/mol. The Balaban J connectivity index is 0.000000108. The minimum atomic E-state index is -0.300. The van der Waals surface area contributed by atoms with Crippen LogP contribution < -0.4 is 0 Å². The molecule has 0 aliphatic heterocycles. The monoisotopic (exact) mass is 1890 g/mol. The van der Waals surface area contributed by atoms with Crippen LogP contribution >= 0.6 is 11.3 Å². The summed E-state index contributed by atoms with van der Waals surface area (Å²) in [5, 5.41) is 12.5. The Hall–Kier alpha value is -17.3. The summed E-state index contributed by atoms with van der Waals surface area (Å²) in [7, 11) is 0. The second kappa shape index (κ2) is 33.5. The molecule has 8 aromatic heterocycles. The van der Waals surface area contributed by atoms with Crippen LogP contribution in [0.5, 0.6) is 0 Å². The van der Waals surface area contributed by atoms with Crippen LogP contribution in [-0.4, -0.2) is 34.9 Å². The zero-order valence-electron chi connectivity index (χ0n) is 81.1. The minimum absolute atomic E-state index is 0.0509. The van der Waals surface area contributed by atoms with Gasteiger partial charge >= 0.3 is 0 Å². The van der Waals surface area contributed by atoms with E-state index < -0.39 is 0 Å². The van der Waals surface area contributed by atoms with Gasteiger partial charge < -0.3 is 17.7 Å². The van der Waals surface area contributed by atoms with Crippen molar-refractivity contribution in [2.24, 2.45) is 5.41 Å². The molecule has 0 fully saturated rings. The van der Waals surface area contributed by atoms with Crippen LogP contribution in [0.3, 0.4) is 0 Å². The van der Waals surface area contributed by atoms with Gasteiger partial charge in [0, 0.05) is 114 Å². The Kier molecular flexibility index (Phi) is 20.0. The lowest BCUT2D eigenvalue weighted by Gasteiger charge is -2.41. The Morgan fingerprint density at radius 3 is 1.37 bits per heavy atom. The maximum Gasteiger partial charge on any atom is 0.164 e. The Morgan fingerprint density at radius 2 is 0.724 bits per heavy atom. The molecule has 0 spiro atoms. The predicted molar refractivity (Wildman–Crippen MR) is 593 cm³/mol. The number of hydrogen-bond acceptors (Lipinski definition) is 12. The lowest BCUT2D eigenvalue weighted by molar-refractivity contribution is 0.255. The molecular weight excluding hydrogens is 1800 g/mol. The molecule has 13 heteroatoms. The molecule has 0 saturated carbocycles. The average Bonchev–Trinajstić information content (AvgIpc) is 1.54. The first kappa shape index (κ1) is 86.8. The summed E-state index contributed by atoms with van der Waals surface area (Å²) in [6.07, 6.45) is 2.90. The van der Waals surface area contributed by atoms with E-state index in [-0.39, 0.29) is 27.5 Å². The highest BCUT2D eigenvalue weighted by Gasteiger charge is 2.50. The van der Waals surface area contributed by atoms with Crippen molar-refractivity contribution in [3.63, 3.8) is 0 Å². The Morgan fingerprint density at radius 1 is 0.283 bits per heavy atom. The van der Waals surface area contributed by atoms with Crippen molar-refractivity contribution in [1.82, 2.24) is 34.9 Å². The van der Waals surface area contributed by atoms with Crippen LogP contribution in [0.1, 0.15) is 108 Å². The fraction of sp³-hybridized carbons (Fsp3) is 0.114. The summed E-state index contributed by atoms with van der Waals surface area (Å²) in [6, 6.07) is 134. The highest BCUT2D eigenvalue weighted by molar-refractivity contribution is 7.26. The molecule has 0 saturated heterocycles. The number of halogens is 1. The predicted octanol–water partition coefficient (Wildman–Crippen LogP) is 36.2. The summed E-state index contributed by atoms with van der Waals surface area (Å²) in [5.41, 5.74) is 36.2. The minimum Gasteiger partial charge on any atom is -0.456 e. The van der Waals surface area contributed by atoms with Crippen molar-refractivity contribution in [2.75, 3.05) is 0 Å². The second-order valence-electron chi connectivity index (χ2n) is 40.0. The summed E-state index contributed by atoms with van der Waals surface area (Å²) in [5.74, 6) is 2.81. The van der Waals surface area contributed by atoms with Gasteiger partial charge in [-0.25, -0.2) is 39.3 Å². The van der Waals surface area contributed by atoms with Gasteiger partial charge in [-0.1, -0.05) is 347 Å². The molecular formula is C132H94FN7O4S. The third-order valence-electron chi connectivity index (χ3n) is 31.7. The molecule has 29 rings (SSSR count). The van der Waals surface area contributed by atoms with Gasteiger partial charge in [-0.05, 0) is 210 Å². The number of thiophene rings is 1. The molecule has 26 aromatic rings. The molecule has 145 heavy (non-hydrogen) atoms. The van der Waals surface area contributed by atoms with E-state index in [0.717, 1.165) is 174 Å². The van der Waals surface area contributed by atoms with E-state index in [1.807, 2.05) is 91.0 Å². The second-order valence-corrected chi connectivity index (χ2v) is 41.1. The fourth-order valence-electron chi connectivity index (χ4n) is 23.9. The van der Waals surface area contributed by atoms with Crippen molar-refractivity contribution in [3.8, 4) is 135 Å². The normalized spacial score (nSPS) is 14.8. The maximum atomic E-state index is 13.9. The third kappa shape index (κ3) is 13.5. The van der Waals surface area contributed by atoms with E-state index in [1.54, 1.807) is 23.5 Å². The van der Waals surface area contributed by atoms with Gasteiger partial charge in [0.05, 0.1) is 27.3 Å². The topological polar surface area (TPSA) is 143 Å². The molecule has 18 aromatic carbocycles. The number of furan rings is 4. The van der Waals surface area contributed by atoms with Gasteiger partial charge in [0.15, 0.2) is 29.1 Å².